The molecule has 2 rings (SSSR count). The van der Waals surface area contributed by atoms with Crippen LogP contribution in [-0.4, -0.2) is 49.3 Å². The first kappa shape index (κ1) is 10.9. The highest BCUT2D eigenvalue weighted by Crippen LogP contribution is 2.51. The van der Waals surface area contributed by atoms with Crippen molar-refractivity contribution in [3.05, 3.63) is 0 Å². The normalized spacial score (nSPS) is 29.3. The molecule has 1 saturated carbocycles. The first-order valence-electron chi connectivity index (χ1n) is 5.59. The third-order valence-corrected chi connectivity index (χ3v) is 3.96. The van der Waals surface area contributed by atoms with Gasteiger partial charge in [-0.15, -0.1) is 0 Å². The Morgan fingerprint density at radius 3 is 2.80 bits per heavy atom. The van der Waals surface area contributed by atoms with Gasteiger partial charge in [-0.1, -0.05) is 6.42 Å². The molecule has 0 aromatic carbocycles. The summed E-state index contributed by atoms with van der Waals surface area (Å²) in [5.74, 6) is -0.182. The van der Waals surface area contributed by atoms with Crippen LogP contribution in [0, 0.1) is 11.3 Å². The zero-order valence-corrected chi connectivity index (χ0v) is 9.24. The molecular formula is C11H19NO3. The lowest BCUT2D eigenvalue weighted by Gasteiger charge is -2.42. The van der Waals surface area contributed by atoms with Crippen LogP contribution < -0.4 is 0 Å². The number of hydrogen-bond acceptors (Lipinski definition) is 3. The van der Waals surface area contributed by atoms with E-state index in [4.69, 9.17) is 9.84 Å². The van der Waals surface area contributed by atoms with Gasteiger partial charge in [-0.3, -0.25) is 9.69 Å². The topological polar surface area (TPSA) is 49.8 Å². The lowest BCUT2D eigenvalue weighted by atomic mass is 9.63. The van der Waals surface area contributed by atoms with Crippen LogP contribution in [0.4, 0.5) is 0 Å². The quantitative estimate of drug-likeness (QED) is 0.751. The number of nitrogens with zero attached hydrogens (tertiary/aromatic N) is 1. The van der Waals surface area contributed by atoms with Gasteiger partial charge in [-0.05, 0) is 18.3 Å². The first-order chi connectivity index (χ1) is 7.16. The van der Waals surface area contributed by atoms with E-state index < -0.39 is 5.97 Å². The van der Waals surface area contributed by atoms with Crippen LogP contribution in [0.3, 0.4) is 0 Å². The van der Waals surface area contributed by atoms with Gasteiger partial charge in [0.2, 0.25) is 0 Å². The average molecular weight is 213 g/mol. The predicted molar refractivity (Wildman–Crippen MR) is 55.7 cm³/mol. The van der Waals surface area contributed by atoms with Crippen LogP contribution in [0.15, 0.2) is 0 Å². The number of carboxylic acids is 1. The van der Waals surface area contributed by atoms with Crippen molar-refractivity contribution in [2.45, 2.75) is 19.3 Å². The molecule has 1 heterocycles. The highest BCUT2D eigenvalue weighted by atomic mass is 16.5. The summed E-state index contributed by atoms with van der Waals surface area (Å²) in [5.41, 5.74) is 0.380. The number of carbonyl (C=O) groups is 1. The maximum Gasteiger partial charge on any atom is 0.317 e. The fourth-order valence-electron chi connectivity index (χ4n) is 3.08. The molecular weight excluding hydrogens is 194 g/mol. The van der Waals surface area contributed by atoms with Crippen molar-refractivity contribution < 1.29 is 14.6 Å². The summed E-state index contributed by atoms with van der Waals surface area (Å²) in [4.78, 5) is 12.7. The molecule has 2 aliphatic rings. The van der Waals surface area contributed by atoms with Gasteiger partial charge in [0.25, 0.3) is 0 Å². The standard InChI is InChI=1S/C11H19NO3/c1-15-7-9-5-12(6-10(13)14)8-11(9)3-2-4-11/h9H,2-8H2,1H3,(H,13,14)/t9-/m0/s1. The SMILES string of the molecule is COC[C@@H]1CN(CC(=O)O)CC12CCC2. The molecule has 86 valence electrons. The highest BCUT2D eigenvalue weighted by molar-refractivity contribution is 5.69. The van der Waals surface area contributed by atoms with Crippen LogP contribution in [0.1, 0.15) is 19.3 Å². The molecule has 0 radical (unpaired) electrons. The first-order valence-corrected chi connectivity index (χ1v) is 5.59. The largest absolute Gasteiger partial charge is 0.480 e. The van der Waals surface area contributed by atoms with E-state index in [0.717, 1.165) is 19.7 Å². The molecule has 1 spiro atoms. The van der Waals surface area contributed by atoms with E-state index in [1.165, 1.54) is 19.3 Å². The van der Waals surface area contributed by atoms with Crippen LogP contribution in [-0.2, 0) is 9.53 Å². The van der Waals surface area contributed by atoms with Crippen LogP contribution in [0.25, 0.3) is 0 Å². The Morgan fingerprint density at radius 1 is 1.60 bits per heavy atom. The van der Waals surface area contributed by atoms with Gasteiger partial charge in [0.15, 0.2) is 0 Å². The maximum absolute atomic E-state index is 10.7. The van der Waals surface area contributed by atoms with Crippen molar-refractivity contribution >= 4 is 5.97 Å². The fraction of sp³-hybridized carbons (Fsp3) is 0.909. The summed E-state index contributed by atoms with van der Waals surface area (Å²) in [5, 5.41) is 8.78. The highest BCUT2D eigenvalue weighted by Gasteiger charge is 2.50. The molecule has 2 fully saturated rings. The summed E-state index contributed by atoms with van der Waals surface area (Å²) >= 11 is 0. The average Bonchev–Trinajstić information content (AvgIpc) is 2.42. The summed E-state index contributed by atoms with van der Waals surface area (Å²) in [7, 11) is 1.73. The number of likely N-dealkylation sites (tertiary alicyclic amines) is 1. The van der Waals surface area contributed by atoms with E-state index >= 15 is 0 Å². The summed E-state index contributed by atoms with van der Waals surface area (Å²) < 4.78 is 5.24. The molecule has 1 saturated heterocycles. The summed E-state index contributed by atoms with van der Waals surface area (Å²) in [6.07, 6.45) is 3.79. The molecule has 1 aliphatic carbocycles. The number of ether oxygens (including phenoxy) is 1. The van der Waals surface area contributed by atoms with Crippen molar-refractivity contribution in [3.63, 3.8) is 0 Å². The Labute approximate surface area is 90.2 Å². The molecule has 0 bridgehead atoms. The van der Waals surface area contributed by atoms with Crippen molar-refractivity contribution in [3.8, 4) is 0 Å². The number of carboxylic acid groups (broad SMARTS) is 1. The minimum atomic E-state index is -0.720. The van der Waals surface area contributed by atoms with Gasteiger partial charge in [0.1, 0.15) is 0 Å². The summed E-state index contributed by atoms with van der Waals surface area (Å²) in [6, 6.07) is 0. The van der Waals surface area contributed by atoms with Crippen molar-refractivity contribution in [2.75, 3.05) is 33.4 Å². The van der Waals surface area contributed by atoms with Gasteiger partial charge in [0.05, 0.1) is 13.2 Å². The predicted octanol–water partition coefficient (Wildman–Crippen LogP) is 0.819. The number of methoxy groups -OCH3 is 1. The van der Waals surface area contributed by atoms with Gasteiger partial charge in [0, 0.05) is 26.1 Å². The summed E-state index contributed by atoms with van der Waals surface area (Å²) in [6.45, 7) is 2.80. The molecule has 1 N–H and O–H groups in total. The van der Waals surface area contributed by atoms with E-state index in [2.05, 4.69) is 4.90 Å². The number of rotatable bonds is 4. The van der Waals surface area contributed by atoms with Crippen LogP contribution in [0.2, 0.25) is 0 Å². The smallest absolute Gasteiger partial charge is 0.317 e. The third kappa shape index (κ3) is 2.01. The van der Waals surface area contributed by atoms with Crippen molar-refractivity contribution in [2.24, 2.45) is 11.3 Å². The molecule has 1 atom stereocenters. The van der Waals surface area contributed by atoms with E-state index in [1.807, 2.05) is 0 Å². The lowest BCUT2D eigenvalue weighted by Crippen LogP contribution is -2.39. The van der Waals surface area contributed by atoms with Crippen LogP contribution >= 0.6 is 0 Å². The second kappa shape index (κ2) is 4.10. The molecule has 15 heavy (non-hydrogen) atoms. The van der Waals surface area contributed by atoms with E-state index in [-0.39, 0.29) is 6.54 Å². The monoisotopic (exact) mass is 213 g/mol. The molecule has 0 aromatic rings. The number of aliphatic carboxylic acids is 1. The van der Waals surface area contributed by atoms with E-state index in [9.17, 15) is 4.79 Å². The zero-order chi connectivity index (χ0) is 10.9. The Hall–Kier alpha value is -0.610. The van der Waals surface area contributed by atoms with Gasteiger partial charge >= 0.3 is 5.97 Å². The molecule has 1 aliphatic heterocycles. The molecule has 0 amide bonds. The van der Waals surface area contributed by atoms with Gasteiger partial charge in [-0.25, -0.2) is 0 Å². The fourth-order valence-corrected chi connectivity index (χ4v) is 3.08. The Balaban J connectivity index is 1.96. The molecule has 4 nitrogen and oxygen atoms in total. The van der Waals surface area contributed by atoms with E-state index in [0.29, 0.717) is 11.3 Å². The second-order valence-electron chi connectivity index (χ2n) is 4.93. The number of hydrogen-bond donors (Lipinski definition) is 1. The van der Waals surface area contributed by atoms with Crippen molar-refractivity contribution in [1.29, 1.82) is 0 Å². The molecule has 0 aromatic heterocycles. The molecule has 0 unspecified atom stereocenters. The van der Waals surface area contributed by atoms with Crippen LogP contribution in [0.5, 0.6) is 0 Å². The van der Waals surface area contributed by atoms with Gasteiger partial charge in [-0.2, -0.15) is 0 Å². The Kier molecular flexibility index (Phi) is 2.98. The minimum absolute atomic E-state index is 0.183. The van der Waals surface area contributed by atoms with Gasteiger partial charge < -0.3 is 9.84 Å². The Bertz CT molecular complexity index is 250. The lowest BCUT2D eigenvalue weighted by molar-refractivity contribution is -0.138. The zero-order valence-electron chi connectivity index (χ0n) is 9.24. The molecule has 4 heteroatoms. The third-order valence-electron chi connectivity index (χ3n) is 3.96. The maximum atomic E-state index is 10.7. The second-order valence-corrected chi connectivity index (χ2v) is 4.93. The Morgan fingerprint density at radius 2 is 2.33 bits per heavy atom. The minimum Gasteiger partial charge on any atom is -0.480 e. The van der Waals surface area contributed by atoms with E-state index in [1.54, 1.807) is 7.11 Å². The van der Waals surface area contributed by atoms with Crippen molar-refractivity contribution in [1.82, 2.24) is 4.90 Å².